The summed E-state index contributed by atoms with van der Waals surface area (Å²) in [6, 6.07) is 12.2. The molecule has 1 atom stereocenters. The molecule has 0 aliphatic heterocycles. The molecular formula is C18H17FN4O3S3. The summed E-state index contributed by atoms with van der Waals surface area (Å²) in [5.41, 5.74) is 1.41. The maximum absolute atomic E-state index is 13.3. The third kappa shape index (κ3) is 6.24. The van der Waals surface area contributed by atoms with Crippen LogP contribution in [0.3, 0.4) is 0 Å². The third-order valence-electron chi connectivity index (χ3n) is 3.60. The summed E-state index contributed by atoms with van der Waals surface area (Å²) in [5, 5.41) is 11.1. The number of thioether (sulfide) groups is 1. The lowest BCUT2D eigenvalue weighted by Crippen LogP contribution is -2.14. The first-order valence-electron chi connectivity index (χ1n) is 8.34. The number of ketones is 1. The molecule has 0 amide bonds. The SMILES string of the molecule is C[C@@H](Sc1nnc(Nc2cccc(F)c2)s1)C(=O)c1ccc(NS(C)(=O)=O)cc1. The van der Waals surface area contributed by atoms with E-state index in [1.165, 1.54) is 47.4 Å². The van der Waals surface area contributed by atoms with Crippen molar-refractivity contribution in [2.24, 2.45) is 0 Å². The van der Waals surface area contributed by atoms with Crippen LogP contribution in [-0.4, -0.2) is 35.9 Å². The number of anilines is 3. The van der Waals surface area contributed by atoms with Crippen LogP contribution in [-0.2, 0) is 10.0 Å². The van der Waals surface area contributed by atoms with E-state index < -0.39 is 15.3 Å². The average Bonchev–Trinajstić information content (AvgIpc) is 3.07. The fourth-order valence-corrected chi connectivity index (χ4v) is 4.91. The van der Waals surface area contributed by atoms with Gasteiger partial charge in [0.1, 0.15) is 5.82 Å². The van der Waals surface area contributed by atoms with Gasteiger partial charge in [-0.25, -0.2) is 12.8 Å². The fourth-order valence-electron chi connectivity index (χ4n) is 2.35. The lowest BCUT2D eigenvalue weighted by Gasteiger charge is -2.09. The number of nitrogens with one attached hydrogen (secondary N) is 2. The Hall–Kier alpha value is -2.50. The normalized spacial score (nSPS) is 12.4. The topological polar surface area (TPSA) is 101 Å². The van der Waals surface area contributed by atoms with E-state index in [0.29, 0.717) is 26.4 Å². The molecule has 3 aromatic rings. The first-order chi connectivity index (χ1) is 13.7. The van der Waals surface area contributed by atoms with Crippen molar-refractivity contribution >= 4 is 55.4 Å². The summed E-state index contributed by atoms with van der Waals surface area (Å²) in [4.78, 5) is 12.6. The molecule has 0 spiro atoms. The highest BCUT2D eigenvalue weighted by Gasteiger charge is 2.19. The Labute approximate surface area is 175 Å². The molecule has 0 aliphatic rings. The predicted molar refractivity (Wildman–Crippen MR) is 114 cm³/mol. The summed E-state index contributed by atoms with van der Waals surface area (Å²) in [5.74, 6) is -0.471. The molecule has 29 heavy (non-hydrogen) atoms. The van der Waals surface area contributed by atoms with Gasteiger partial charge in [0.05, 0.1) is 11.5 Å². The third-order valence-corrected chi connectivity index (χ3v) is 6.23. The second kappa shape index (κ2) is 8.89. The second-order valence-corrected chi connectivity index (χ2v) is 10.4. The molecular weight excluding hydrogens is 435 g/mol. The summed E-state index contributed by atoms with van der Waals surface area (Å²) in [6.45, 7) is 1.76. The highest BCUT2D eigenvalue weighted by atomic mass is 32.2. The number of benzene rings is 2. The minimum atomic E-state index is -3.37. The molecule has 0 fully saturated rings. The molecule has 2 N–H and O–H groups in total. The van der Waals surface area contributed by atoms with E-state index in [1.807, 2.05) is 0 Å². The summed E-state index contributed by atoms with van der Waals surface area (Å²) >= 11 is 2.53. The van der Waals surface area contributed by atoms with Crippen molar-refractivity contribution in [3.63, 3.8) is 0 Å². The van der Waals surface area contributed by atoms with Crippen molar-refractivity contribution < 1.29 is 17.6 Å². The number of hydrogen-bond acceptors (Lipinski definition) is 8. The number of sulfonamides is 1. The van der Waals surface area contributed by atoms with E-state index in [0.717, 1.165) is 6.26 Å². The molecule has 152 valence electrons. The molecule has 3 rings (SSSR count). The van der Waals surface area contributed by atoms with E-state index in [2.05, 4.69) is 20.2 Å². The fraction of sp³-hybridized carbons (Fsp3) is 0.167. The molecule has 7 nitrogen and oxygen atoms in total. The zero-order chi connectivity index (χ0) is 21.0. The Morgan fingerprint density at radius 3 is 2.52 bits per heavy atom. The second-order valence-electron chi connectivity index (χ2n) is 6.08. The number of carbonyl (C=O) groups is 1. The van der Waals surface area contributed by atoms with Crippen molar-refractivity contribution in [1.82, 2.24) is 10.2 Å². The zero-order valence-corrected chi connectivity index (χ0v) is 17.9. The molecule has 1 aromatic heterocycles. The lowest BCUT2D eigenvalue weighted by atomic mass is 10.1. The molecule has 2 aromatic carbocycles. The van der Waals surface area contributed by atoms with Crippen molar-refractivity contribution in [2.75, 3.05) is 16.3 Å². The summed E-state index contributed by atoms with van der Waals surface area (Å²) in [7, 11) is -3.37. The Kier molecular flexibility index (Phi) is 6.50. The number of nitrogens with zero attached hydrogens (tertiary/aromatic N) is 2. The van der Waals surface area contributed by atoms with Crippen LogP contribution < -0.4 is 10.0 Å². The summed E-state index contributed by atoms with van der Waals surface area (Å²) in [6.07, 6.45) is 1.06. The largest absolute Gasteiger partial charge is 0.330 e. The molecule has 1 heterocycles. The van der Waals surface area contributed by atoms with Gasteiger partial charge in [-0.2, -0.15) is 0 Å². The molecule has 0 bridgehead atoms. The lowest BCUT2D eigenvalue weighted by molar-refractivity contribution is 0.0994. The van der Waals surface area contributed by atoms with Crippen LogP contribution in [0.25, 0.3) is 0 Å². The van der Waals surface area contributed by atoms with Gasteiger partial charge in [0.2, 0.25) is 15.2 Å². The standard InChI is InChI=1S/C18H17FN4O3S3/c1-11(16(24)12-6-8-14(9-7-12)23-29(2,25)26)27-18-22-21-17(28-18)20-15-5-3-4-13(19)10-15/h3-11,23H,1-2H3,(H,20,21)/t11-/m1/s1. The number of hydrogen-bond donors (Lipinski definition) is 2. The van der Waals surface area contributed by atoms with Crippen molar-refractivity contribution in [2.45, 2.75) is 16.5 Å². The molecule has 0 saturated carbocycles. The van der Waals surface area contributed by atoms with Gasteiger partial charge < -0.3 is 5.32 Å². The van der Waals surface area contributed by atoms with Gasteiger partial charge >= 0.3 is 0 Å². The quantitative estimate of drug-likeness (QED) is 0.391. The van der Waals surface area contributed by atoms with E-state index in [1.54, 1.807) is 31.2 Å². The predicted octanol–water partition coefficient (Wildman–Crippen LogP) is 4.16. The van der Waals surface area contributed by atoms with Crippen LogP contribution >= 0.6 is 23.1 Å². The van der Waals surface area contributed by atoms with Crippen molar-refractivity contribution in [3.8, 4) is 0 Å². The van der Waals surface area contributed by atoms with Gasteiger partial charge in [-0.3, -0.25) is 9.52 Å². The van der Waals surface area contributed by atoms with Gasteiger partial charge in [-0.15, -0.1) is 10.2 Å². The monoisotopic (exact) mass is 452 g/mol. The Morgan fingerprint density at radius 1 is 1.14 bits per heavy atom. The van der Waals surface area contributed by atoms with Crippen LogP contribution in [0.2, 0.25) is 0 Å². The van der Waals surface area contributed by atoms with Gasteiger partial charge in [-0.1, -0.05) is 29.2 Å². The smallest absolute Gasteiger partial charge is 0.229 e. The Morgan fingerprint density at radius 2 is 1.86 bits per heavy atom. The number of rotatable bonds is 8. The number of aromatic nitrogens is 2. The number of halogens is 1. The van der Waals surface area contributed by atoms with Gasteiger partial charge in [-0.05, 0) is 49.4 Å². The van der Waals surface area contributed by atoms with Crippen LogP contribution in [0, 0.1) is 5.82 Å². The van der Waals surface area contributed by atoms with Crippen molar-refractivity contribution in [1.29, 1.82) is 0 Å². The molecule has 0 saturated heterocycles. The summed E-state index contributed by atoms with van der Waals surface area (Å²) < 4.78 is 38.7. The van der Waals surface area contributed by atoms with E-state index in [4.69, 9.17) is 0 Å². The van der Waals surface area contributed by atoms with E-state index in [9.17, 15) is 17.6 Å². The van der Waals surface area contributed by atoms with Crippen molar-refractivity contribution in [3.05, 3.63) is 59.9 Å². The van der Waals surface area contributed by atoms with Crippen LogP contribution in [0.4, 0.5) is 20.9 Å². The highest BCUT2D eigenvalue weighted by molar-refractivity contribution is 8.02. The minimum Gasteiger partial charge on any atom is -0.330 e. The first kappa shape index (κ1) is 21.2. The Bertz CT molecular complexity index is 1120. The van der Waals surface area contributed by atoms with Gasteiger partial charge in [0.15, 0.2) is 10.1 Å². The maximum Gasteiger partial charge on any atom is 0.229 e. The number of Topliss-reactive ketones (excluding diaryl/α,β-unsaturated/α-hetero) is 1. The molecule has 11 heteroatoms. The molecule has 0 radical (unpaired) electrons. The van der Waals surface area contributed by atoms with E-state index in [-0.39, 0.29) is 11.6 Å². The maximum atomic E-state index is 13.3. The van der Waals surface area contributed by atoms with E-state index >= 15 is 0 Å². The molecule has 0 unspecified atom stereocenters. The average molecular weight is 453 g/mol. The van der Waals surface area contributed by atoms with Crippen LogP contribution in [0.1, 0.15) is 17.3 Å². The zero-order valence-electron chi connectivity index (χ0n) is 15.4. The highest BCUT2D eigenvalue weighted by Crippen LogP contribution is 2.31. The minimum absolute atomic E-state index is 0.115. The van der Waals surface area contributed by atoms with Gasteiger partial charge in [0.25, 0.3) is 0 Å². The first-order valence-corrected chi connectivity index (χ1v) is 11.9. The van der Waals surface area contributed by atoms with Gasteiger partial charge in [0, 0.05) is 16.9 Å². The number of carbonyl (C=O) groups excluding carboxylic acids is 1. The molecule has 0 aliphatic carbocycles. The van der Waals surface area contributed by atoms with Crippen LogP contribution in [0.5, 0.6) is 0 Å². The van der Waals surface area contributed by atoms with Crippen LogP contribution in [0.15, 0.2) is 52.9 Å². The Balaban J connectivity index is 1.62.